The second kappa shape index (κ2) is 7.59. The van der Waals surface area contributed by atoms with Crippen LogP contribution in [0.1, 0.15) is 31.3 Å². The van der Waals surface area contributed by atoms with Crippen molar-refractivity contribution in [1.29, 1.82) is 0 Å². The Morgan fingerprint density at radius 3 is 2.21 bits per heavy atom. The third-order valence-electron chi connectivity index (χ3n) is 4.21. The van der Waals surface area contributed by atoms with Gasteiger partial charge in [-0.2, -0.15) is 0 Å². The highest BCUT2D eigenvalue weighted by atomic mass is 16.6. The Morgan fingerprint density at radius 2 is 1.68 bits per heavy atom. The number of carbonyl (C=O) groups is 2. The minimum Gasteiger partial charge on any atom is -0.459 e. The third-order valence-corrected chi connectivity index (χ3v) is 4.21. The van der Waals surface area contributed by atoms with Gasteiger partial charge in [-0.1, -0.05) is 24.3 Å². The van der Waals surface area contributed by atoms with Crippen LogP contribution in [0.4, 0.5) is 0 Å². The first kappa shape index (κ1) is 19.8. The lowest BCUT2D eigenvalue weighted by atomic mass is 10.0. The molecule has 0 bridgehead atoms. The predicted molar refractivity (Wildman–Crippen MR) is 103 cm³/mol. The first-order valence-electron chi connectivity index (χ1n) is 8.77. The number of esters is 1. The number of ketones is 1. The molecule has 0 spiro atoms. The number of hydrogen-bond donors (Lipinski definition) is 3. The largest absolute Gasteiger partial charge is 0.459 e. The highest BCUT2D eigenvalue weighted by Crippen LogP contribution is 2.44. The minimum absolute atomic E-state index is 0.0588. The molecule has 3 atom stereocenters. The molecule has 0 saturated carbocycles. The van der Waals surface area contributed by atoms with Crippen LogP contribution in [-0.2, 0) is 4.79 Å². The Balaban J connectivity index is 2.35. The highest BCUT2D eigenvalue weighted by molar-refractivity contribution is 6.12. The van der Waals surface area contributed by atoms with E-state index in [1.54, 1.807) is 31.2 Å². The number of furan rings is 1. The molecule has 5 N–H and O–H groups in total. The van der Waals surface area contributed by atoms with E-state index in [1.807, 2.05) is 0 Å². The molecule has 0 aliphatic heterocycles. The van der Waals surface area contributed by atoms with Crippen LogP contribution in [-0.4, -0.2) is 35.2 Å². The summed E-state index contributed by atoms with van der Waals surface area (Å²) in [6, 6.07) is 6.91. The van der Waals surface area contributed by atoms with Gasteiger partial charge in [0.25, 0.3) is 0 Å². The Bertz CT molecular complexity index is 1050. The number of aliphatic hydroxyl groups is 1. The highest BCUT2D eigenvalue weighted by Gasteiger charge is 2.26. The number of ether oxygens (including phenoxy) is 2. The van der Waals surface area contributed by atoms with E-state index < -0.39 is 24.3 Å². The molecule has 0 radical (unpaired) electrons. The van der Waals surface area contributed by atoms with Gasteiger partial charge in [-0.05, 0) is 19.9 Å². The lowest BCUT2D eigenvalue weighted by Gasteiger charge is -2.19. The van der Waals surface area contributed by atoms with Crippen LogP contribution < -0.4 is 20.9 Å². The molecule has 8 heteroatoms. The normalized spacial score (nSPS) is 14.6. The summed E-state index contributed by atoms with van der Waals surface area (Å²) in [5.41, 5.74) is 11.5. The summed E-state index contributed by atoms with van der Waals surface area (Å²) in [5, 5.41) is 11.6. The molecular weight excluding hydrogens is 364 g/mol. The third kappa shape index (κ3) is 3.57. The van der Waals surface area contributed by atoms with Gasteiger partial charge in [0.1, 0.15) is 11.8 Å². The van der Waals surface area contributed by atoms with Gasteiger partial charge in [0.15, 0.2) is 22.9 Å². The topological polar surface area (TPSA) is 138 Å². The number of hydrogen-bond acceptors (Lipinski definition) is 8. The first-order chi connectivity index (χ1) is 13.2. The molecule has 0 aliphatic carbocycles. The van der Waals surface area contributed by atoms with Crippen LogP contribution in [0.2, 0.25) is 0 Å². The lowest BCUT2D eigenvalue weighted by molar-refractivity contribution is -0.135. The van der Waals surface area contributed by atoms with E-state index in [9.17, 15) is 14.7 Å². The van der Waals surface area contributed by atoms with Crippen LogP contribution in [0.5, 0.6) is 11.5 Å². The van der Waals surface area contributed by atoms with E-state index in [1.165, 1.54) is 19.9 Å². The molecule has 2 aromatic carbocycles. The SMILES string of the molecule is CC(=O)c1cc2c(OC(=O)[C@H](C)N)c3ccccc3c(OC(O)[C@H](C)N)c2o1. The zero-order valence-electron chi connectivity index (χ0n) is 15.8. The number of Topliss-reactive ketones (excluding diaryl/α,β-unsaturated/α-hetero) is 1. The fourth-order valence-electron chi connectivity index (χ4n) is 2.70. The van der Waals surface area contributed by atoms with Gasteiger partial charge in [0.2, 0.25) is 6.29 Å². The molecule has 1 heterocycles. The van der Waals surface area contributed by atoms with Crippen molar-refractivity contribution in [2.75, 3.05) is 0 Å². The quantitative estimate of drug-likeness (QED) is 0.253. The molecule has 3 rings (SSSR count). The minimum atomic E-state index is -1.31. The van der Waals surface area contributed by atoms with Gasteiger partial charge < -0.3 is 30.5 Å². The Hall–Kier alpha value is -2.94. The molecule has 0 fully saturated rings. The summed E-state index contributed by atoms with van der Waals surface area (Å²) < 4.78 is 16.9. The van der Waals surface area contributed by atoms with E-state index in [4.69, 9.17) is 25.4 Å². The van der Waals surface area contributed by atoms with Crippen molar-refractivity contribution in [3.05, 3.63) is 36.1 Å². The second-order valence-electron chi connectivity index (χ2n) is 6.69. The number of benzene rings is 2. The maximum absolute atomic E-state index is 12.2. The number of aliphatic hydroxyl groups excluding tert-OH is 1. The fourth-order valence-corrected chi connectivity index (χ4v) is 2.70. The van der Waals surface area contributed by atoms with Gasteiger partial charge in [-0.15, -0.1) is 0 Å². The molecule has 0 amide bonds. The van der Waals surface area contributed by atoms with Crippen molar-refractivity contribution in [2.24, 2.45) is 11.5 Å². The smallest absolute Gasteiger partial charge is 0.328 e. The molecule has 1 aromatic heterocycles. The molecular formula is C20H22N2O6. The fraction of sp³-hybridized carbons (Fsp3) is 0.300. The van der Waals surface area contributed by atoms with E-state index in [0.29, 0.717) is 16.2 Å². The number of nitrogens with two attached hydrogens (primary N) is 2. The summed E-state index contributed by atoms with van der Waals surface area (Å²) >= 11 is 0. The maximum atomic E-state index is 12.2. The van der Waals surface area contributed by atoms with Crippen molar-refractivity contribution in [2.45, 2.75) is 39.1 Å². The first-order valence-corrected chi connectivity index (χ1v) is 8.77. The summed E-state index contributed by atoms with van der Waals surface area (Å²) in [5.74, 6) is -0.497. The standard InChI is InChI=1S/C20H22N2O6/c1-9(21)19(24)27-16-12-6-4-5-7-13(12)17(28-20(25)10(2)22)18-14(16)8-15(26-18)11(3)23/h4-10,20,25H,21-22H2,1-3H3/t9-,10-,20?/m0/s1. The van der Waals surface area contributed by atoms with Gasteiger partial charge in [0.05, 0.1) is 11.4 Å². The van der Waals surface area contributed by atoms with Gasteiger partial charge in [-0.3, -0.25) is 4.79 Å². The lowest BCUT2D eigenvalue weighted by Crippen LogP contribution is -2.36. The predicted octanol–water partition coefficient (Wildman–Crippen LogP) is 2.09. The number of fused-ring (bicyclic) bond motifs is 2. The Kier molecular flexibility index (Phi) is 5.37. The van der Waals surface area contributed by atoms with Crippen LogP contribution >= 0.6 is 0 Å². The van der Waals surface area contributed by atoms with Crippen molar-refractivity contribution in [3.63, 3.8) is 0 Å². The molecule has 1 unspecified atom stereocenters. The van der Waals surface area contributed by atoms with E-state index in [0.717, 1.165) is 0 Å². The average Bonchev–Trinajstić information content (AvgIpc) is 3.09. The van der Waals surface area contributed by atoms with Crippen LogP contribution in [0.15, 0.2) is 34.7 Å². The monoisotopic (exact) mass is 386 g/mol. The van der Waals surface area contributed by atoms with E-state index >= 15 is 0 Å². The molecule has 28 heavy (non-hydrogen) atoms. The molecule has 0 aliphatic rings. The number of carbonyl (C=O) groups excluding carboxylic acids is 2. The van der Waals surface area contributed by atoms with Crippen LogP contribution in [0.25, 0.3) is 21.7 Å². The molecule has 3 aromatic rings. The van der Waals surface area contributed by atoms with Crippen LogP contribution in [0.3, 0.4) is 0 Å². The van der Waals surface area contributed by atoms with E-state index in [-0.39, 0.29) is 28.6 Å². The second-order valence-corrected chi connectivity index (χ2v) is 6.69. The molecule has 148 valence electrons. The van der Waals surface area contributed by atoms with Crippen molar-refractivity contribution in [3.8, 4) is 11.5 Å². The van der Waals surface area contributed by atoms with Gasteiger partial charge in [0, 0.05) is 17.7 Å². The zero-order chi connectivity index (χ0) is 20.6. The molecule has 8 nitrogen and oxygen atoms in total. The van der Waals surface area contributed by atoms with Crippen LogP contribution in [0, 0.1) is 0 Å². The van der Waals surface area contributed by atoms with Gasteiger partial charge >= 0.3 is 5.97 Å². The van der Waals surface area contributed by atoms with Crippen molar-refractivity contribution < 1.29 is 28.6 Å². The molecule has 0 saturated heterocycles. The summed E-state index contributed by atoms with van der Waals surface area (Å²) in [7, 11) is 0. The summed E-state index contributed by atoms with van der Waals surface area (Å²) in [6.45, 7) is 4.45. The van der Waals surface area contributed by atoms with Crippen molar-refractivity contribution in [1.82, 2.24) is 0 Å². The van der Waals surface area contributed by atoms with E-state index in [2.05, 4.69) is 0 Å². The number of rotatable bonds is 6. The Morgan fingerprint density at radius 1 is 1.07 bits per heavy atom. The maximum Gasteiger partial charge on any atom is 0.328 e. The van der Waals surface area contributed by atoms with Crippen molar-refractivity contribution >= 4 is 33.5 Å². The summed E-state index contributed by atoms with van der Waals surface area (Å²) in [4.78, 5) is 24.0. The Labute approximate surface area is 161 Å². The van der Waals surface area contributed by atoms with Gasteiger partial charge in [-0.25, -0.2) is 4.79 Å². The zero-order valence-corrected chi connectivity index (χ0v) is 15.8. The summed E-state index contributed by atoms with van der Waals surface area (Å²) in [6.07, 6.45) is -1.31. The average molecular weight is 386 g/mol.